The highest BCUT2D eigenvalue weighted by Crippen LogP contribution is 2.09. The van der Waals surface area contributed by atoms with Gasteiger partial charge in [0.15, 0.2) is 0 Å². The van der Waals surface area contributed by atoms with Crippen LogP contribution in [0.15, 0.2) is 18.2 Å². The van der Waals surface area contributed by atoms with E-state index in [0.717, 1.165) is 42.4 Å². The quantitative estimate of drug-likeness (QED) is 0.519. The van der Waals surface area contributed by atoms with Crippen molar-refractivity contribution < 1.29 is 0 Å². The molecule has 0 unspecified atom stereocenters. The molecule has 22 heavy (non-hydrogen) atoms. The van der Waals surface area contributed by atoms with Crippen LogP contribution in [0.5, 0.6) is 0 Å². The van der Waals surface area contributed by atoms with Crippen LogP contribution in [0.3, 0.4) is 0 Å². The maximum atomic E-state index is 3.42. The van der Waals surface area contributed by atoms with E-state index in [-0.39, 0.29) is 0 Å². The molecule has 1 rings (SSSR count). The average molecular weight is 307 g/mol. The molecule has 1 aromatic rings. The van der Waals surface area contributed by atoms with E-state index in [2.05, 4.69) is 86.8 Å². The maximum absolute atomic E-state index is 3.42. The second-order valence-corrected chi connectivity index (χ2v) is 11.2. The van der Waals surface area contributed by atoms with E-state index in [1.807, 2.05) is 0 Å². The monoisotopic (exact) mass is 306 g/mol. The van der Waals surface area contributed by atoms with Gasteiger partial charge in [-0.3, -0.25) is 0 Å². The minimum atomic E-state index is -1.37. The summed E-state index contributed by atoms with van der Waals surface area (Å²) in [5.41, 5.74) is 6.50. The summed E-state index contributed by atoms with van der Waals surface area (Å²) in [6.07, 6.45) is 4.04. The SMILES string of the molecule is CCCC#Cc1cc(C#CCCC)cc(C#C[Si](C)(C)C)c1. The Morgan fingerprint density at radius 1 is 0.727 bits per heavy atom. The molecule has 0 nitrogen and oxygen atoms in total. The van der Waals surface area contributed by atoms with E-state index >= 15 is 0 Å². The highest BCUT2D eigenvalue weighted by molar-refractivity contribution is 6.83. The van der Waals surface area contributed by atoms with Crippen LogP contribution in [-0.2, 0) is 0 Å². The molecule has 0 atom stereocenters. The predicted octanol–water partition coefficient (Wildman–Crippen LogP) is 5.22. The van der Waals surface area contributed by atoms with Crippen molar-refractivity contribution in [3.63, 3.8) is 0 Å². The summed E-state index contributed by atoms with van der Waals surface area (Å²) in [5.74, 6) is 16.2. The number of hydrogen-bond donors (Lipinski definition) is 0. The number of hydrogen-bond acceptors (Lipinski definition) is 0. The fraction of sp³-hybridized carbons (Fsp3) is 0.429. The lowest BCUT2D eigenvalue weighted by Gasteiger charge is -2.04. The van der Waals surface area contributed by atoms with Gasteiger partial charge in [0.2, 0.25) is 0 Å². The zero-order valence-corrected chi connectivity index (χ0v) is 15.6. The Balaban J connectivity index is 3.18. The number of rotatable bonds is 2. The molecule has 0 bridgehead atoms. The molecule has 0 fully saturated rings. The summed E-state index contributed by atoms with van der Waals surface area (Å²) in [5, 5.41) is 0. The van der Waals surface area contributed by atoms with Gasteiger partial charge in [-0.1, -0.05) is 63.1 Å². The third-order valence-electron chi connectivity index (χ3n) is 2.73. The second-order valence-electron chi connectivity index (χ2n) is 6.40. The molecule has 1 aromatic carbocycles. The van der Waals surface area contributed by atoms with Crippen molar-refractivity contribution in [2.75, 3.05) is 0 Å². The summed E-state index contributed by atoms with van der Waals surface area (Å²) in [6, 6.07) is 6.24. The topological polar surface area (TPSA) is 0 Å². The van der Waals surface area contributed by atoms with Gasteiger partial charge in [0, 0.05) is 29.5 Å². The first-order chi connectivity index (χ1) is 10.4. The Labute approximate surface area is 137 Å². The second kappa shape index (κ2) is 9.20. The van der Waals surface area contributed by atoms with Crippen molar-refractivity contribution in [2.24, 2.45) is 0 Å². The summed E-state index contributed by atoms with van der Waals surface area (Å²) in [4.78, 5) is 0. The van der Waals surface area contributed by atoms with Gasteiger partial charge in [0.25, 0.3) is 0 Å². The van der Waals surface area contributed by atoms with Gasteiger partial charge in [-0.15, -0.1) is 5.54 Å². The first kappa shape index (κ1) is 18.2. The lowest BCUT2D eigenvalue weighted by molar-refractivity contribution is 0.983. The summed E-state index contributed by atoms with van der Waals surface area (Å²) < 4.78 is 0. The smallest absolute Gasteiger partial charge is 0.127 e. The molecule has 0 heterocycles. The largest absolute Gasteiger partial charge is 0.129 e. The standard InChI is InChI=1S/C21H26Si/c1-6-8-10-12-19-16-20(13-11-9-7-2)18-21(17-19)14-15-22(3,4)5/h16-18H,6-9H2,1-5H3. The van der Waals surface area contributed by atoms with Crippen LogP contribution in [0, 0.1) is 35.1 Å². The van der Waals surface area contributed by atoms with Crippen molar-refractivity contribution >= 4 is 8.07 Å². The Bertz CT molecular complexity index is 628. The Kier molecular flexibility index (Phi) is 7.60. The first-order valence-corrected chi connectivity index (χ1v) is 11.6. The van der Waals surface area contributed by atoms with Gasteiger partial charge in [-0.05, 0) is 31.0 Å². The fourth-order valence-corrected chi connectivity index (χ4v) is 2.20. The zero-order chi connectivity index (χ0) is 16.4. The molecule has 0 aromatic heterocycles. The van der Waals surface area contributed by atoms with Crippen molar-refractivity contribution in [3.05, 3.63) is 34.9 Å². The molecule has 1 heteroatoms. The van der Waals surface area contributed by atoms with Crippen molar-refractivity contribution in [1.29, 1.82) is 0 Å². The third-order valence-corrected chi connectivity index (χ3v) is 3.61. The van der Waals surface area contributed by atoms with E-state index in [9.17, 15) is 0 Å². The first-order valence-electron chi connectivity index (χ1n) is 8.10. The number of benzene rings is 1. The lowest BCUT2D eigenvalue weighted by Crippen LogP contribution is -2.16. The van der Waals surface area contributed by atoms with Crippen molar-refractivity contribution in [2.45, 2.75) is 59.2 Å². The molecule has 0 aliphatic heterocycles. The maximum Gasteiger partial charge on any atom is 0.129 e. The van der Waals surface area contributed by atoms with Crippen LogP contribution < -0.4 is 0 Å². The minimum Gasteiger partial charge on any atom is -0.127 e. The minimum absolute atomic E-state index is 0.932. The van der Waals surface area contributed by atoms with Crippen LogP contribution >= 0.6 is 0 Å². The van der Waals surface area contributed by atoms with Crippen LogP contribution in [0.1, 0.15) is 56.2 Å². The van der Waals surface area contributed by atoms with Crippen LogP contribution in [-0.4, -0.2) is 8.07 Å². The van der Waals surface area contributed by atoms with Crippen LogP contribution in [0.25, 0.3) is 0 Å². The molecular weight excluding hydrogens is 280 g/mol. The highest BCUT2D eigenvalue weighted by Gasteiger charge is 2.07. The van der Waals surface area contributed by atoms with Crippen molar-refractivity contribution in [3.8, 4) is 35.1 Å². The average Bonchev–Trinajstić information content (AvgIpc) is 2.45. The van der Waals surface area contributed by atoms with Crippen LogP contribution in [0.2, 0.25) is 19.6 Å². The molecule has 114 valence electrons. The summed E-state index contributed by atoms with van der Waals surface area (Å²) in [7, 11) is -1.37. The van der Waals surface area contributed by atoms with Crippen molar-refractivity contribution in [1.82, 2.24) is 0 Å². The Morgan fingerprint density at radius 3 is 1.50 bits per heavy atom. The molecule has 0 saturated carbocycles. The zero-order valence-electron chi connectivity index (χ0n) is 14.6. The van der Waals surface area contributed by atoms with Gasteiger partial charge >= 0.3 is 0 Å². The van der Waals surface area contributed by atoms with Crippen LogP contribution in [0.4, 0.5) is 0 Å². The lowest BCUT2D eigenvalue weighted by atomic mass is 10.1. The molecule has 0 spiro atoms. The molecule has 0 saturated heterocycles. The predicted molar refractivity (Wildman–Crippen MR) is 100 cm³/mol. The van der Waals surface area contributed by atoms with Gasteiger partial charge in [0.05, 0.1) is 0 Å². The van der Waals surface area contributed by atoms with E-state index in [4.69, 9.17) is 0 Å². The molecular formula is C21H26Si. The normalized spacial score (nSPS) is 9.68. The van der Waals surface area contributed by atoms with Gasteiger partial charge in [0.1, 0.15) is 8.07 Å². The molecule has 0 radical (unpaired) electrons. The summed E-state index contributed by atoms with van der Waals surface area (Å²) >= 11 is 0. The van der Waals surface area contributed by atoms with E-state index in [1.54, 1.807) is 0 Å². The Hall–Kier alpha value is -1.88. The highest BCUT2D eigenvalue weighted by atomic mass is 28.3. The number of unbranched alkanes of at least 4 members (excludes halogenated alkanes) is 2. The summed E-state index contributed by atoms with van der Waals surface area (Å²) in [6.45, 7) is 11.1. The third kappa shape index (κ3) is 7.78. The molecule has 0 N–H and O–H groups in total. The van der Waals surface area contributed by atoms with Gasteiger partial charge in [-0.25, -0.2) is 0 Å². The Morgan fingerprint density at radius 2 is 1.14 bits per heavy atom. The fourth-order valence-electron chi connectivity index (χ4n) is 1.68. The van der Waals surface area contributed by atoms with E-state index in [1.165, 1.54) is 0 Å². The van der Waals surface area contributed by atoms with Gasteiger partial charge in [-0.2, -0.15) is 0 Å². The molecule has 0 aliphatic rings. The molecule has 0 amide bonds. The van der Waals surface area contributed by atoms with E-state index in [0.29, 0.717) is 0 Å². The molecule has 0 aliphatic carbocycles. The van der Waals surface area contributed by atoms with E-state index < -0.39 is 8.07 Å². The van der Waals surface area contributed by atoms with Gasteiger partial charge < -0.3 is 0 Å².